The van der Waals surface area contributed by atoms with Gasteiger partial charge in [-0.05, 0) is 36.8 Å². The number of carbonyl (C=O) groups is 1. The summed E-state index contributed by atoms with van der Waals surface area (Å²) >= 11 is 1.10. The van der Waals surface area contributed by atoms with Gasteiger partial charge in [-0.1, -0.05) is 17.8 Å². The Morgan fingerprint density at radius 1 is 1.14 bits per heavy atom. The maximum atomic E-state index is 12.6. The molecule has 0 unspecified atom stereocenters. The van der Waals surface area contributed by atoms with Gasteiger partial charge in [-0.2, -0.15) is 13.2 Å². The number of carbonyl (C=O) groups excluding carboxylic acids is 1. The molecule has 1 aromatic carbocycles. The number of thioether (sulfide) groups is 1. The number of alkyl halides is 3. The fourth-order valence-corrected chi connectivity index (χ4v) is 3.18. The minimum atomic E-state index is -4.43. The number of methoxy groups -OCH3 is 2. The van der Waals surface area contributed by atoms with Crippen molar-refractivity contribution >= 4 is 17.7 Å². The molecule has 0 aliphatic carbocycles. The molecule has 0 saturated heterocycles. The molecule has 28 heavy (non-hydrogen) atoms. The lowest BCUT2D eigenvalue weighted by molar-refractivity contribution is -0.138. The van der Waals surface area contributed by atoms with E-state index in [0.717, 1.165) is 29.6 Å². The highest BCUT2D eigenvalue weighted by Crippen LogP contribution is 2.30. The van der Waals surface area contributed by atoms with Crippen LogP contribution in [0.3, 0.4) is 0 Å². The molecule has 2 rings (SSSR count). The number of benzene rings is 1. The third-order valence-corrected chi connectivity index (χ3v) is 4.89. The molecule has 0 aliphatic heterocycles. The second kappa shape index (κ2) is 9.68. The molecule has 2 aromatic rings. The van der Waals surface area contributed by atoms with E-state index >= 15 is 0 Å². The number of hydrogen-bond donors (Lipinski definition) is 0. The van der Waals surface area contributed by atoms with Crippen LogP contribution in [0.25, 0.3) is 0 Å². The van der Waals surface area contributed by atoms with E-state index in [9.17, 15) is 18.0 Å². The van der Waals surface area contributed by atoms with Gasteiger partial charge in [0.15, 0.2) is 11.5 Å². The second-order valence-corrected chi connectivity index (χ2v) is 6.76. The van der Waals surface area contributed by atoms with Gasteiger partial charge in [0.05, 0.1) is 30.6 Å². The van der Waals surface area contributed by atoms with Crippen LogP contribution in [-0.4, -0.2) is 42.3 Å². The quantitative estimate of drug-likeness (QED) is 0.604. The first kappa shape index (κ1) is 21.9. The zero-order valence-electron chi connectivity index (χ0n) is 15.7. The summed E-state index contributed by atoms with van der Waals surface area (Å²) in [7, 11) is 3.09. The van der Waals surface area contributed by atoms with Crippen LogP contribution in [0.15, 0.2) is 41.6 Å². The molecule has 0 saturated carbocycles. The van der Waals surface area contributed by atoms with Crippen molar-refractivity contribution in [1.82, 2.24) is 9.88 Å². The van der Waals surface area contributed by atoms with Crippen molar-refractivity contribution in [1.29, 1.82) is 0 Å². The van der Waals surface area contributed by atoms with Crippen LogP contribution in [-0.2, 0) is 17.5 Å². The van der Waals surface area contributed by atoms with Crippen LogP contribution in [0.4, 0.5) is 13.2 Å². The molecule has 5 nitrogen and oxygen atoms in total. The minimum absolute atomic E-state index is 0.0828. The Hall–Kier alpha value is -2.42. The highest BCUT2D eigenvalue weighted by atomic mass is 32.2. The molecule has 0 aliphatic rings. The van der Waals surface area contributed by atoms with Crippen molar-refractivity contribution in [2.45, 2.75) is 24.7 Å². The van der Waals surface area contributed by atoms with Crippen molar-refractivity contribution in [3.63, 3.8) is 0 Å². The molecule has 0 atom stereocenters. The Morgan fingerprint density at radius 3 is 2.39 bits per heavy atom. The lowest BCUT2D eigenvalue weighted by Gasteiger charge is -2.21. The summed E-state index contributed by atoms with van der Waals surface area (Å²) in [6.45, 7) is 2.74. The Bertz CT molecular complexity index is 798. The largest absolute Gasteiger partial charge is 0.493 e. The zero-order chi connectivity index (χ0) is 20.7. The topological polar surface area (TPSA) is 51.7 Å². The number of ether oxygens (including phenoxy) is 2. The number of amides is 1. The summed E-state index contributed by atoms with van der Waals surface area (Å²) in [5, 5.41) is 0.364. The lowest BCUT2D eigenvalue weighted by atomic mass is 10.2. The van der Waals surface area contributed by atoms with Gasteiger partial charge >= 0.3 is 6.18 Å². The van der Waals surface area contributed by atoms with Crippen LogP contribution >= 0.6 is 11.8 Å². The van der Waals surface area contributed by atoms with Crippen molar-refractivity contribution in [3.8, 4) is 11.5 Å². The van der Waals surface area contributed by atoms with E-state index in [1.807, 2.05) is 13.0 Å². The summed E-state index contributed by atoms with van der Waals surface area (Å²) in [6.07, 6.45) is -3.65. The summed E-state index contributed by atoms with van der Waals surface area (Å²) < 4.78 is 48.2. The van der Waals surface area contributed by atoms with Crippen LogP contribution in [0.1, 0.15) is 18.1 Å². The average molecular weight is 414 g/mol. The molecule has 1 aromatic heterocycles. The van der Waals surface area contributed by atoms with Crippen LogP contribution in [0, 0.1) is 0 Å². The van der Waals surface area contributed by atoms with Crippen molar-refractivity contribution in [2.24, 2.45) is 0 Å². The fraction of sp³-hybridized carbons (Fsp3) is 0.368. The molecular formula is C19H21F3N2O3S. The van der Waals surface area contributed by atoms with E-state index in [4.69, 9.17) is 9.47 Å². The van der Waals surface area contributed by atoms with Crippen molar-refractivity contribution in [2.75, 3.05) is 26.5 Å². The van der Waals surface area contributed by atoms with E-state index < -0.39 is 11.7 Å². The molecule has 152 valence electrons. The average Bonchev–Trinajstić information content (AvgIpc) is 2.69. The lowest BCUT2D eigenvalue weighted by Crippen LogP contribution is -2.31. The number of nitrogens with zero attached hydrogens (tertiary/aromatic N) is 2. The third kappa shape index (κ3) is 5.79. The van der Waals surface area contributed by atoms with Gasteiger partial charge in [-0.15, -0.1) is 0 Å². The maximum absolute atomic E-state index is 12.6. The highest BCUT2D eigenvalue weighted by Gasteiger charge is 2.30. The highest BCUT2D eigenvalue weighted by molar-refractivity contribution is 7.99. The van der Waals surface area contributed by atoms with E-state index in [1.54, 1.807) is 24.1 Å². The first-order valence-corrected chi connectivity index (χ1v) is 9.41. The maximum Gasteiger partial charge on any atom is 0.417 e. The molecule has 0 spiro atoms. The Labute approximate surface area is 165 Å². The number of aromatic nitrogens is 1. The van der Waals surface area contributed by atoms with Gasteiger partial charge in [0, 0.05) is 19.3 Å². The summed E-state index contributed by atoms with van der Waals surface area (Å²) in [4.78, 5) is 17.9. The monoisotopic (exact) mass is 414 g/mol. The number of rotatable bonds is 8. The predicted octanol–water partition coefficient (Wildman–Crippen LogP) is 4.26. The van der Waals surface area contributed by atoms with E-state index in [-0.39, 0.29) is 11.7 Å². The van der Waals surface area contributed by atoms with Crippen LogP contribution in [0.2, 0.25) is 0 Å². The third-order valence-electron chi connectivity index (χ3n) is 3.96. The van der Waals surface area contributed by atoms with Gasteiger partial charge in [0.25, 0.3) is 0 Å². The Kier molecular flexibility index (Phi) is 7.56. The van der Waals surface area contributed by atoms with E-state index in [1.165, 1.54) is 13.2 Å². The summed E-state index contributed by atoms with van der Waals surface area (Å²) in [5.41, 5.74) is 0.0670. The predicted molar refractivity (Wildman–Crippen MR) is 101 cm³/mol. The first-order chi connectivity index (χ1) is 13.3. The summed E-state index contributed by atoms with van der Waals surface area (Å²) in [6, 6.07) is 7.65. The molecule has 1 heterocycles. The molecular weight excluding hydrogens is 393 g/mol. The Balaban J connectivity index is 1.98. The SMILES string of the molecule is CCN(Cc1ccc(OC)c(OC)c1)C(=O)CSc1ccc(C(F)(F)F)cn1. The fourth-order valence-electron chi connectivity index (χ4n) is 2.44. The molecule has 9 heteroatoms. The molecule has 0 fully saturated rings. The van der Waals surface area contributed by atoms with Crippen molar-refractivity contribution < 1.29 is 27.4 Å². The Morgan fingerprint density at radius 2 is 1.86 bits per heavy atom. The number of pyridine rings is 1. The number of halogens is 3. The minimum Gasteiger partial charge on any atom is -0.493 e. The summed E-state index contributed by atoms with van der Waals surface area (Å²) in [5.74, 6) is 1.12. The van der Waals surface area contributed by atoms with Crippen molar-refractivity contribution in [3.05, 3.63) is 47.7 Å². The standard InChI is InChI=1S/C19H21F3N2O3S/c1-4-24(11-13-5-7-15(26-2)16(9-13)27-3)18(25)12-28-17-8-6-14(10-23-17)19(20,21)22/h5-10H,4,11-12H2,1-3H3. The smallest absolute Gasteiger partial charge is 0.417 e. The normalized spacial score (nSPS) is 11.2. The molecule has 1 amide bonds. The van der Waals surface area contributed by atoms with Gasteiger partial charge in [0.2, 0.25) is 5.91 Å². The van der Waals surface area contributed by atoms with E-state index in [0.29, 0.717) is 29.6 Å². The van der Waals surface area contributed by atoms with Gasteiger partial charge < -0.3 is 14.4 Å². The number of hydrogen-bond acceptors (Lipinski definition) is 5. The molecule has 0 N–H and O–H groups in total. The first-order valence-electron chi connectivity index (χ1n) is 8.43. The van der Waals surface area contributed by atoms with Gasteiger partial charge in [0.1, 0.15) is 0 Å². The molecule has 0 bridgehead atoms. The van der Waals surface area contributed by atoms with E-state index in [2.05, 4.69) is 4.98 Å². The second-order valence-electron chi connectivity index (χ2n) is 5.77. The van der Waals surface area contributed by atoms with Gasteiger partial charge in [-0.25, -0.2) is 4.98 Å². The van der Waals surface area contributed by atoms with Crippen LogP contribution in [0.5, 0.6) is 11.5 Å². The molecule has 0 radical (unpaired) electrons. The van der Waals surface area contributed by atoms with Gasteiger partial charge in [-0.3, -0.25) is 4.79 Å². The zero-order valence-corrected chi connectivity index (χ0v) is 16.6. The van der Waals surface area contributed by atoms with Crippen LogP contribution < -0.4 is 9.47 Å².